The Morgan fingerprint density at radius 2 is 1.81 bits per heavy atom. The van der Waals surface area contributed by atoms with Crippen molar-refractivity contribution in [2.45, 2.75) is 58.6 Å². The number of nitrogens with zero attached hydrogens (tertiary/aromatic N) is 6. The predicted octanol–water partition coefficient (Wildman–Crippen LogP) is 5.29. The highest BCUT2D eigenvalue weighted by molar-refractivity contribution is 6.14. The van der Waals surface area contributed by atoms with Crippen molar-refractivity contribution in [2.24, 2.45) is 7.05 Å². The second kappa shape index (κ2) is 10.7. The molecular formula is C30H37F2N7O4. The van der Waals surface area contributed by atoms with Gasteiger partial charge >= 0.3 is 6.09 Å². The fourth-order valence-electron chi connectivity index (χ4n) is 5.50. The highest BCUT2D eigenvalue weighted by Crippen LogP contribution is 2.37. The molecule has 11 nitrogen and oxygen atoms in total. The average molecular weight is 598 g/mol. The van der Waals surface area contributed by atoms with E-state index < -0.39 is 34.8 Å². The summed E-state index contributed by atoms with van der Waals surface area (Å²) in [6, 6.07) is 1.33. The van der Waals surface area contributed by atoms with Gasteiger partial charge in [-0.1, -0.05) is 0 Å². The van der Waals surface area contributed by atoms with Crippen molar-refractivity contribution in [1.29, 1.82) is 0 Å². The lowest BCUT2D eigenvalue weighted by atomic mass is 9.88. The number of rotatable bonds is 5. The first-order chi connectivity index (χ1) is 20.1. The molecule has 0 aliphatic carbocycles. The zero-order valence-electron chi connectivity index (χ0n) is 25.7. The van der Waals surface area contributed by atoms with Gasteiger partial charge in [-0.05, 0) is 53.5 Å². The van der Waals surface area contributed by atoms with Crippen LogP contribution in [0.2, 0.25) is 0 Å². The number of piperidine rings is 1. The molecule has 1 N–H and O–H groups in total. The molecule has 0 saturated carbocycles. The Balaban J connectivity index is 1.43. The number of carbonyl (C=O) groups is 2. The minimum Gasteiger partial charge on any atom is -0.491 e. The summed E-state index contributed by atoms with van der Waals surface area (Å²) in [5.74, 6) is -2.53. The minimum atomic E-state index is -0.799. The topological polar surface area (TPSA) is 106 Å². The summed E-state index contributed by atoms with van der Waals surface area (Å²) in [4.78, 5) is 34.1. The number of ether oxygens (including phenoxy) is 2. The SMILES string of the molecule is COc1c(NC(=O)c2c(F)cc(N3CCC(C)(N(C)C(=O)OC(C)(C)C)CC3)c3cn(C)nc23)cn2cc(C)nc2c1F. The van der Waals surface area contributed by atoms with Gasteiger partial charge in [0.1, 0.15) is 28.2 Å². The predicted molar refractivity (Wildman–Crippen MR) is 159 cm³/mol. The Kier molecular flexibility index (Phi) is 7.47. The van der Waals surface area contributed by atoms with Crippen LogP contribution in [0.15, 0.2) is 24.7 Å². The number of halogens is 2. The molecule has 43 heavy (non-hydrogen) atoms. The van der Waals surface area contributed by atoms with Gasteiger partial charge < -0.3 is 29.0 Å². The van der Waals surface area contributed by atoms with Gasteiger partial charge in [0.15, 0.2) is 11.4 Å². The van der Waals surface area contributed by atoms with Crippen LogP contribution in [0, 0.1) is 18.6 Å². The smallest absolute Gasteiger partial charge is 0.410 e. The molecule has 230 valence electrons. The summed E-state index contributed by atoms with van der Waals surface area (Å²) in [6.45, 7) is 10.3. The van der Waals surface area contributed by atoms with Crippen molar-refractivity contribution in [3.8, 4) is 5.75 Å². The van der Waals surface area contributed by atoms with Gasteiger partial charge in [-0.25, -0.2) is 14.2 Å². The van der Waals surface area contributed by atoms with E-state index in [1.165, 1.54) is 28.5 Å². The quantitative estimate of drug-likeness (QED) is 0.333. The maximum atomic E-state index is 15.8. The Morgan fingerprint density at radius 3 is 2.44 bits per heavy atom. The van der Waals surface area contributed by atoms with Gasteiger partial charge in [0.05, 0.1) is 18.5 Å². The van der Waals surface area contributed by atoms with Crippen LogP contribution in [0.3, 0.4) is 0 Å². The largest absolute Gasteiger partial charge is 0.491 e. The van der Waals surface area contributed by atoms with Crippen molar-refractivity contribution in [1.82, 2.24) is 24.1 Å². The van der Waals surface area contributed by atoms with E-state index in [9.17, 15) is 9.59 Å². The summed E-state index contributed by atoms with van der Waals surface area (Å²) >= 11 is 0. The Bertz CT molecular complexity index is 1730. The van der Waals surface area contributed by atoms with E-state index in [1.54, 1.807) is 38.3 Å². The standard InChI is InChI=1S/C30H37F2N7O4/c1-17-14-39-16-20(25(42-8)23(32)26(39)33-17)34-27(40)22-19(31)13-21(18-15-36(6)35-24(18)22)38-11-9-30(5,10-12-38)37(7)28(41)43-29(2,3)4/h13-16H,9-12H2,1-8H3,(H,34,40). The first-order valence-corrected chi connectivity index (χ1v) is 14.0. The Labute approximate surface area is 248 Å². The number of hydrogen-bond donors (Lipinski definition) is 1. The minimum absolute atomic E-state index is 0.0203. The second-order valence-electron chi connectivity index (χ2n) is 12.3. The fourth-order valence-corrected chi connectivity index (χ4v) is 5.50. The number of aromatic nitrogens is 4. The van der Waals surface area contributed by atoms with Crippen LogP contribution in [0.1, 0.15) is 56.6 Å². The van der Waals surface area contributed by atoms with Crippen LogP contribution in [0.5, 0.6) is 5.75 Å². The molecule has 13 heteroatoms. The molecular weight excluding hydrogens is 560 g/mol. The monoisotopic (exact) mass is 597 g/mol. The van der Waals surface area contributed by atoms with E-state index in [4.69, 9.17) is 9.47 Å². The number of pyridine rings is 1. The average Bonchev–Trinajstić information content (AvgIpc) is 3.48. The number of amides is 2. The Morgan fingerprint density at radius 1 is 1.14 bits per heavy atom. The normalized spacial score (nSPS) is 15.2. The molecule has 1 aliphatic rings. The first kappa shape index (κ1) is 30.1. The van der Waals surface area contributed by atoms with Gasteiger partial charge in [0.25, 0.3) is 5.91 Å². The van der Waals surface area contributed by atoms with Crippen LogP contribution in [0.25, 0.3) is 16.6 Å². The molecule has 0 spiro atoms. The van der Waals surface area contributed by atoms with Crippen molar-refractivity contribution in [2.75, 3.05) is 37.5 Å². The lowest BCUT2D eigenvalue weighted by Crippen LogP contribution is -2.55. The molecule has 4 aromatic rings. The molecule has 2 amide bonds. The number of nitrogens with one attached hydrogen (secondary N) is 1. The summed E-state index contributed by atoms with van der Waals surface area (Å²) in [6.07, 6.45) is 5.66. The summed E-state index contributed by atoms with van der Waals surface area (Å²) in [5, 5.41) is 7.62. The van der Waals surface area contributed by atoms with E-state index >= 15 is 8.78 Å². The highest BCUT2D eigenvalue weighted by Gasteiger charge is 2.39. The van der Waals surface area contributed by atoms with Crippen LogP contribution >= 0.6 is 0 Å². The molecule has 1 saturated heterocycles. The van der Waals surface area contributed by atoms with Crippen molar-refractivity contribution >= 4 is 39.9 Å². The number of methoxy groups -OCH3 is 1. The molecule has 4 heterocycles. The van der Waals surface area contributed by atoms with Gasteiger partial charge in [-0.15, -0.1) is 0 Å². The van der Waals surface area contributed by atoms with Gasteiger partial charge in [-0.3, -0.25) is 9.48 Å². The van der Waals surface area contributed by atoms with Gasteiger partial charge in [-0.2, -0.15) is 9.49 Å². The van der Waals surface area contributed by atoms with Crippen LogP contribution in [-0.2, 0) is 11.8 Å². The molecule has 3 aromatic heterocycles. The molecule has 0 bridgehead atoms. The van der Waals surface area contributed by atoms with Crippen molar-refractivity contribution in [3.05, 3.63) is 47.5 Å². The number of imidazole rings is 1. The third-order valence-electron chi connectivity index (χ3n) is 7.94. The maximum absolute atomic E-state index is 15.8. The van der Waals surface area contributed by atoms with Crippen LogP contribution in [0.4, 0.5) is 25.0 Å². The van der Waals surface area contributed by atoms with Crippen molar-refractivity contribution < 1.29 is 27.8 Å². The number of benzene rings is 1. The zero-order valence-corrected chi connectivity index (χ0v) is 25.7. The van der Waals surface area contributed by atoms with E-state index in [0.717, 1.165) is 0 Å². The molecule has 1 aliphatic heterocycles. The number of aryl methyl sites for hydroxylation is 2. The number of carbonyl (C=O) groups excluding carboxylic acids is 2. The third-order valence-corrected chi connectivity index (χ3v) is 7.94. The lowest BCUT2D eigenvalue weighted by Gasteiger charge is -2.45. The van der Waals surface area contributed by atoms with Crippen LogP contribution < -0.4 is 15.0 Å². The number of anilines is 2. The second-order valence-corrected chi connectivity index (χ2v) is 12.3. The third kappa shape index (κ3) is 5.55. The van der Waals surface area contributed by atoms with Gasteiger partial charge in [0.2, 0.25) is 5.82 Å². The summed E-state index contributed by atoms with van der Waals surface area (Å²) in [5.41, 5.74) is 0.0906. The molecule has 1 fully saturated rings. The van der Waals surface area contributed by atoms with Crippen LogP contribution in [-0.4, -0.2) is 74.5 Å². The highest BCUT2D eigenvalue weighted by atomic mass is 19.1. The molecule has 0 radical (unpaired) electrons. The number of fused-ring (bicyclic) bond motifs is 2. The Hall–Kier alpha value is -4.42. The van der Waals surface area contributed by atoms with E-state index in [-0.39, 0.29) is 28.2 Å². The van der Waals surface area contributed by atoms with Gasteiger partial charge in [0, 0.05) is 56.7 Å². The fraction of sp³-hybridized carbons (Fsp3) is 0.467. The lowest BCUT2D eigenvalue weighted by molar-refractivity contribution is 0.00347. The summed E-state index contributed by atoms with van der Waals surface area (Å²) in [7, 11) is 4.71. The molecule has 1 aromatic carbocycles. The summed E-state index contributed by atoms with van der Waals surface area (Å²) < 4.78 is 44.7. The van der Waals surface area contributed by atoms with E-state index in [2.05, 4.69) is 15.4 Å². The molecule has 5 rings (SSSR count). The molecule has 0 atom stereocenters. The first-order valence-electron chi connectivity index (χ1n) is 14.0. The number of hydrogen-bond acceptors (Lipinski definition) is 7. The zero-order chi connectivity index (χ0) is 31.4. The maximum Gasteiger partial charge on any atom is 0.410 e. The van der Waals surface area contributed by atoms with Crippen molar-refractivity contribution in [3.63, 3.8) is 0 Å². The van der Waals surface area contributed by atoms with E-state index in [1.807, 2.05) is 32.6 Å². The van der Waals surface area contributed by atoms with E-state index in [0.29, 0.717) is 42.7 Å². The molecule has 0 unspecified atom stereocenters.